The molecule has 0 N–H and O–H groups in total. The topological polar surface area (TPSA) is 0 Å². The van der Waals surface area contributed by atoms with Crippen molar-refractivity contribution in [3.8, 4) is 0 Å². The maximum atomic E-state index is 2.39. The number of unbranched alkanes of at least 4 members (excludes halogenated alkanes) is 16. The summed E-state index contributed by atoms with van der Waals surface area (Å²) >= 11 is 0. The maximum absolute atomic E-state index is 2.39. The molecule has 1 nitrogen and oxygen atoms in total. The molecular formula is C26H52ClN. The van der Waals surface area contributed by atoms with Crippen LogP contribution in [0.5, 0.6) is 0 Å². The number of quaternary nitrogens is 1. The van der Waals surface area contributed by atoms with E-state index in [2.05, 4.69) is 52.5 Å². The molecule has 0 unspecified atom stereocenters. The van der Waals surface area contributed by atoms with Gasteiger partial charge < -0.3 is 12.4 Å². The Morgan fingerprint density at radius 3 is 1.07 bits per heavy atom. The van der Waals surface area contributed by atoms with Crippen LogP contribution in [0.3, 0.4) is 0 Å². The second kappa shape index (κ2) is 23.0. The molecule has 0 saturated carbocycles. The molecule has 0 aliphatic carbocycles. The van der Waals surface area contributed by atoms with Crippen molar-refractivity contribution in [2.24, 2.45) is 0 Å². The summed E-state index contributed by atoms with van der Waals surface area (Å²) in [5, 5.41) is 0. The van der Waals surface area contributed by atoms with E-state index in [1.54, 1.807) is 0 Å². The monoisotopic (exact) mass is 413 g/mol. The summed E-state index contributed by atoms with van der Waals surface area (Å²) in [6.45, 7) is 4.58. The molecule has 0 saturated heterocycles. The first kappa shape index (κ1) is 29.9. The minimum Gasteiger partial charge on any atom is -1.00 e. The summed E-state index contributed by atoms with van der Waals surface area (Å²) in [5.41, 5.74) is 0. The van der Waals surface area contributed by atoms with Gasteiger partial charge in [-0.05, 0) is 37.8 Å². The largest absolute Gasteiger partial charge is 1.00 e. The predicted octanol–water partition coefficient (Wildman–Crippen LogP) is 6.16. The molecule has 168 valence electrons. The minimum absolute atomic E-state index is 0. The fraction of sp³-hybridized carbons (Fsp3) is 0.846. The highest BCUT2D eigenvalue weighted by Crippen LogP contribution is 2.12. The molecule has 0 aliphatic rings. The van der Waals surface area contributed by atoms with E-state index < -0.39 is 0 Å². The molecule has 28 heavy (non-hydrogen) atoms. The van der Waals surface area contributed by atoms with E-state index in [9.17, 15) is 0 Å². The molecule has 0 rings (SSSR count). The molecule has 2 heteroatoms. The standard InChI is InChI=1S/C26H52N.ClH/c1-5-7-9-11-13-15-17-19-21-23-25-27(3,4)26-24-22-20-18-16-14-12-10-8-6-2;/h23-26H,5-22H2,1-4H3;1H/q+1;/p-1/b25-23+,26-24+;. The van der Waals surface area contributed by atoms with E-state index in [0.717, 1.165) is 4.48 Å². The average Bonchev–Trinajstić information content (AvgIpc) is 2.64. The van der Waals surface area contributed by atoms with Gasteiger partial charge in [-0.15, -0.1) is 0 Å². The van der Waals surface area contributed by atoms with Gasteiger partial charge in [0.05, 0.1) is 26.5 Å². The van der Waals surface area contributed by atoms with Crippen LogP contribution in [0.1, 0.15) is 129 Å². The Balaban J connectivity index is 0. The van der Waals surface area contributed by atoms with Crippen LogP contribution in [0.4, 0.5) is 0 Å². The number of hydrogen-bond donors (Lipinski definition) is 0. The zero-order valence-electron chi connectivity index (χ0n) is 19.9. The predicted molar refractivity (Wildman–Crippen MR) is 125 cm³/mol. The van der Waals surface area contributed by atoms with Crippen LogP contribution in [-0.4, -0.2) is 18.6 Å². The van der Waals surface area contributed by atoms with E-state index in [-0.39, 0.29) is 12.4 Å². The molecule has 0 amide bonds. The Morgan fingerprint density at radius 1 is 0.464 bits per heavy atom. The lowest BCUT2D eigenvalue weighted by Crippen LogP contribution is -3.00. The third-order valence-electron chi connectivity index (χ3n) is 5.43. The minimum atomic E-state index is 0. The number of allylic oxidation sites excluding steroid dienone is 2. The highest BCUT2D eigenvalue weighted by molar-refractivity contribution is 4.80. The van der Waals surface area contributed by atoms with Gasteiger partial charge in [0, 0.05) is 0 Å². The summed E-state index contributed by atoms with van der Waals surface area (Å²) in [7, 11) is 4.54. The zero-order chi connectivity index (χ0) is 20.1. The molecule has 0 atom stereocenters. The van der Waals surface area contributed by atoms with Crippen molar-refractivity contribution in [1.82, 2.24) is 0 Å². The Morgan fingerprint density at radius 2 is 0.750 bits per heavy atom. The van der Waals surface area contributed by atoms with Gasteiger partial charge in [0.25, 0.3) is 0 Å². The quantitative estimate of drug-likeness (QED) is 0.166. The molecule has 0 aromatic carbocycles. The first-order valence-electron chi connectivity index (χ1n) is 12.3. The van der Waals surface area contributed by atoms with Crippen LogP contribution in [0.2, 0.25) is 0 Å². The highest BCUT2D eigenvalue weighted by atomic mass is 35.5. The van der Waals surface area contributed by atoms with Crippen molar-refractivity contribution in [2.75, 3.05) is 14.1 Å². The number of hydrogen-bond acceptors (Lipinski definition) is 0. The lowest BCUT2D eigenvalue weighted by Gasteiger charge is -2.19. The van der Waals surface area contributed by atoms with Crippen LogP contribution in [0.25, 0.3) is 0 Å². The van der Waals surface area contributed by atoms with Gasteiger partial charge >= 0.3 is 0 Å². The molecule has 0 aliphatic heterocycles. The Hall–Kier alpha value is -0.270. The molecule has 0 aromatic rings. The van der Waals surface area contributed by atoms with Gasteiger partial charge in [-0.25, -0.2) is 0 Å². The normalized spacial score (nSPS) is 12.1. The summed E-state index contributed by atoms with van der Waals surface area (Å²) in [4.78, 5) is 0. The zero-order valence-corrected chi connectivity index (χ0v) is 20.6. The van der Waals surface area contributed by atoms with E-state index in [1.807, 2.05) is 0 Å². The molecule has 0 aromatic heterocycles. The van der Waals surface area contributed by atoms with E-state index in [4.69, 9.17) is 0 Å². The highest BCUT2D eigenvalue weighted by Gasteiger charge is 2.04. The van der Waals surface area contributed by atoms with Crippen LogP contribution in [-0.2, 0) is 0 Å². The van der Waals surface area contributed by atoms with Gasteiger partial charge in [-0.2, -0.15) is 0 Å². The summed E-state index contributed by atoms with van der Waals surface area (Å²) < 4.78 is 0.883. The van der Waals surface area contributed by atoms with Crippen LogP contribution in [0, 0.1) is 0 Å². The fourth-order valence-corrected chi connectivity index (χ4v) is 3.53. The fourth-order valence-electron chi connectivity index (χ4n) is 3.53. The van der Waals surface area contributed by atoms with Crippen molar-refractivity contribution in [3.05, 3.63) is 24.6 Å². The lowest BCUT2D eigenvalue weighted by molar-refractivity contribution is -0.784. The van der Waals surface area contributed by atoms with Crippen LogP contribution in [0.15, 0.2) is 24.6 Å². The second-order valence-corrected chi connectivity index (χ2v) is 8.93. The number of nitrogens with zero attached hydrogens (tertiary/aromatic N) is 1. The Labute approximate surface area is 185 Å². The van der Waals surface area contributed by atoms with Crippen molar-refractivity contribution in [1.29, 1.82) is 0 Å². The molecule has 0 fully saturated rings. The molecular weight excluding hydrogens is 362 g/mol. The molecule has 0 heterocycles. The number of halogens is 1. The van der Waals surface area contributed by atoms with Gasteiger partial charge in [0.2, 0.25) is 0 Å². The van der Waals surface area contributed by atoms with Gasteiger partial charge in [-0.1, -0.05) is 104 Å². The van der Waals surface area contributed by atoms with Gasteiger partial charge in [0.15, 0.2) is 0 Å². The van der Waals surface area contributed by atoms with Crippen LogP contribution < -0.4 is 12.4 Å². The molecule has 0 spiro atoms. The van der Waals surface area contributed by atoms with E-state index in [1.165, 1.54) is 116 Å². The smallest absolute Gasteiger partial charge is 0.0959 e. The van der Waals surface area contributed by atoms with Crippen molar-refractivity contribution in [2.45, 2.75) is 129 Å². The van der Waals surface area contributed by atoms with Crippen molar-refractivity contribution >= 4 is 0 Å². The van der Waals surface area contributed by atoms with Gasteiger partial charge in [0.1, 0.15) is 0 Å². The molecule has 0 radical (unpaired) electrons. The Kier molecular flexibility index (Phi) is 24.6. The summed E-state index contributed by atoms with van der Waals surface area (Å²) in [6, 6.07) is 0. The van der Waals surface area contributed by atoms with Gasteiger partial charge in [-0.3, -0.25) is 4.48 Å². The SMILES string of the molecule is CCCCCCCCCC/C=C/[N+](C)(C)/C=C/CCCCCCCCCC.[Cl-]. The first-order valence-corrected chi connectivity index (χ1v) is 12.3. The summed E-state index contributed by atoms with van der Waals surface area (Å²) in [6.07, 6.45) is 34.5. The Bertz CT molecular complexity index is 314. The molecule has 0 bridgehead atoms. The van der Waals surface area contributed by atoms with Crippen molar-refractivity contribution in [3.63, 3.8) is 0 Å². The first-order chi connectivity index (χ1) is 13.1. The lowest BCUT2D eigenvalue weighted by atomic mass is 10.1. The van der Waals surface area contributed by atoms with Crippen molar-refractivity contribution < 1.29 is 16.9 Å². The van der Waals surface area contributed by atoms with E-state index >= 15 is 0 Å². The third kappa shape index (κ3) is 23.8. The third-order valence-corrected chi connectivity index (χ3v) is 5.43. The maximum Gasteiger partial charge on any atom is 0.0959 e. The second-order valence-electron chi connectivity index (χ2n) is 8.93. The van der Waals surface area contributed by atoms with Crippen LogP contribution >= 0.6 is 0 Å². The van der Waals surface area contributed by atoms with E-state index in [0.29, 0.717) is 0 Å². The number of rotatable bonds is 20. The average molecular weight is 414 g/mol. The summed E-state index contributed by atoms with van der Waals surface area (Å²) in [5.74, 6) is 0.